The first kappa shape index (κ1) is 10.9. The lowest BCUT2D eigenvalue weighted by atomic mass is 9.79. The number of aliphatic hydroxyl groups is 1. The van der Waals surface area contributed by atoms with Gasteiger partial charge in [-0.3, -0.25) is 4.79 Å². The third kappa shape index (κ3) is 2.30. The standard InChI is InChI=1S/C10H18N2O3/c13-8(14)4-9(5-11-6-9)12-7-10(15)2-1-3-10/h11-12,15H,1-7H2,(H,13,14). The van der Waals surface area contributed by atoms with Gasteiger partial charge in [-0.2, -0.15) is 0 Å². The molecule has 0 bridgehead atoms. The van der Waals surface area contributed by atoms with Crippen LogP contribution in [0, 0.1) is 0 Å². The van der Waals surface area contributed by atoms with Gasteiger partial charge in [0.05, 0.1) is 17.6 Å². The summed E-state index contributed by atoms with van der Waals surface area (Å²) in [5, 5.41) is 25.0. The van der Waals surface area contributed by atoms with Crippen LogP contribution in [-0.2, 0) is 4.79 Å². The zero-order chi connectivity index (χ0) is 10.9. The fourth-order valence-electron chi connectivity index (χ4n) is 2.14. The first-order valence-electron chi connectivity index (χ1n) is 5.44. The Morgan fingerprint density at radius 1 is 1.40 bits per heavy atom. The molecule has 0 atom stereocenters. The Balaban J connectivity index is 1.82. The molecule has 0 aromatic heterocycles. The van der Waals surface area contributed by atoms with E-state index in [-0.39, 0.29) is 12.0 Å². The van der Waals surface area contributed by atoms with Gasteiger partial charge in [-0.1, -0.05) is 0 Å². The number of hydrogen-bond donors (Lipinski definition) is 4. The second-order valence-corrected chi connectivity index (χ2v) is 4.89. The molecule has 15 heavy (non-hydrogen) atoms. The van der Waals surface area contributed by atoms with Crippen molar-refractivity contribution in [2.24, 2.45) is 0 Å². The monoisotopic (exact) mass is 214 g/mol. The van der Waals surface area contributed by atoms with Crippen LogP contribution in [-0.4, -0.2) is 47.0 Å². The van der Waals surface area contributed by atoms with Crippen LogP contribution in [0.3, 0.4) is 0 Å². The summed E-state index contributed by atoms with van der Waals surface area (Å²) in [5.41, 5.74) is -0.918. The Morgan fingerprint density at radius 2 is 2.07 bits per heavy atom. The van der Waals surface area contributed by atoms with E-state index in [0.29, 0.717) is 19.6 Å². The van der Waals surface area contributed by atoms with Crippen LogP contribution in [0.4, 0.5) is 0 Å². The smallest absolute Gasteiger partial charge is 0.305 e. The summed E-state index contributed by atoms with van der Waals surface area (Å²) < 4.78 is 0. The fourth-order valence-corrected chi connectivity index (χ4v) is 2.14. The largest absolute Gasteiger partial charge is 0.481 e. The Kier molecular flexibility index (Phi) is 2.70. The van der Waals surface area contributed by atoms with Crippen LogP contribution in [0.2, 0.25) is 0 Å². The highest BCUT2D eigenvalue weighted by Gasteiger charge is 2.42. The van der Waals surface area contributed by atoms with Crippen molar-refractivity contribution in [3.63, 3.8) is 0 Å². The first-order chi connectivity index (χ1) is 7.04. The molecule has 0 spiro atoms. The summed E-state index contributed by atoms with van der Waals surface area (Å²) in [7, 11) is 0. The SMILES string of the molecule is O=C(O)CC1(NCC2(O)CCC2)CNC1. The predicted octanol–water partition coefficient (Wildman–Crippen LogP) is -0.692. The molecule has 0 unspecified atom stereocenters. The number of β-amino-alcohol motifs (C(OH)–C–C–N with tert-alkyl or cyclic N) is 1. The minimum atomic E-state index is -0.787. The van der Waals surface area contributed by atoms with Crippen LogP contribution in [0.1, 0.15) is 25.7 Å². The molecule has 5 heteroatoms. The van der Waals surface area contributed by atoms with Gasteiger partial charge in [-0.15, -0.1) is 0 Å². The second-order valence-electron chi connectivity index (χ2n) is 4.89. The number of hydrogen-bond acceptors (Lipinski definition) is 4. The zero-order valence-electron chi connectivity index (χ0n) is 8.75. The van der Waals surface area contributed by atoms with E-state index in [1.165, 1.54) is 0 Å². The number of carbonyl (C=O) groups is 1. The molecule has 0 aromatic rings. The van der Waals surface area contributed by atoms with Crippen molar-refractivity contribution in [3.05, 3.63) is 0 Å². The Bertz CT molecular complexity index is 259. The van der Waals surface area contributed by atoms with Gasteiger partial charge in [-0.25, -0.2) is 0 Å². The highest BCUT2D eigenvalue weighted by molar-refractivity contribution is 5.68. The van der Waals surface area contributed by atoms with Crippen LogP contribution < -0.4 is 10.6 Å². The summed E-state index contributed by atoms with van der Waals surface area (Å²) in [6.07, 6.45) is 2.85. The van der Waals surface area contributed by atoms with Crippen LogP contribution in [0.15, 0.2) is 0 Å². The summed E-state index contributed by atoms with van der Waals surface area (Å²) >= 11 is 0. The highest BCUT2D eigenvalue weighted by atomic mass is 16.4. The average Bonchev–Trinajstić information content (AvgIpc) is 2.05. The molecular weight excluding hydrogens is 196 g/mol. The van der Waals surface area contributed by atoms with E-state index < -0.39 is 11.6 Å². The van der Waals surface area contributed by atoms with E-state index in [2.05, 4.69) is 10.6 Å². The Labute approximate surface area is 88.9 Å². The molecule has 0 aromatic carbocycles. The Hall–Kier alpha value is -0.650. The van der Waals surface area contributed by atoms with Crippen LogP contribution in [0.25, 0.3) is 0 Å². The van der Waals surface area contributed by atoms with E-state index in [0.717, 1.165) is 19.3 Å². The fraction of sp³-hybridized carbons (Fsp3) is 0.900. The molecule has 86 valence electrons. The summed E-state index contributed by atoms with van der Waals surface area (Å²) in [6.45, 7) is 1.87. The van der Waals surface area contributed by atoms with Crippen molar-refractivity contribution in [2.75, 3.05) is 19.6 Å². The van der Waals surface area contributed by atoms with E-state index >= 15 is 0 Å². The van der Waals surface area contributed by atoms with Gasteiger partial charge in [-0.05, 0) is 19.3 Å². The molecule has 1 heterocycles. The summed E-state index contributed by atoms with van der Waals surface area (Å²) in [5.74, 6) is -0.787. The predicted molar refractivity (Wildman–Crippen MR) is 54.7 cm³/mol. The molecule has 2 aliphatic rings. The van der Waals surface area contributed by atoms with E-state index in [4.69, 9.17) is 5.11 Å². The molecule has 1 saturated heterocycles. The topological polar surface area (TPSA) is 81.6 Å². The van der Waals surface area contributed by atoms with Crippen molar-refractivity contribution in [1.29, 1.82) is 0 Å². The quantitative estimate of drug-likeness (QED) is 0.487. The molecule has 1 aliphatic heterocycles. The number of rotatable bonds is 5. The van der Waals surface area contributed by atoms with Crippen molar-refractivity contribution < 1.29 is 15.0 Å². The van der Waals surface area contributed by atoms with Gasteiger partial charge in [0.15, 0.2) is 0 Å². The highest BCUT2D eigenvalue weighted by Crippen LogP contribution is 2.31. The number of carboxylic acids is 1. The summed E-state index contributed by atoms with van der Waals surface area (Å²) in [4.78, 5) is 10.7. The van der Waals surface area contributed by atoms with Gasteiger partial charge in [0, 0.05) is 19.6 Å². The molecule has 0 radical (unpaired) electrons. The maximum atomic E-state index is 10.7. The maximum absolute atomic E-state index is 10.7. The third-order valence-corrected chi connectivity index (χ3v) is 3.49. The van der Waals surface area contributed by atoms with Crippen molar-refractivity contribution in [1.82, 2.24) is 10.6 Å². The van der Waals surface area contributed by atoms with Crippen molar-refractivity contribution in [3.8, 4) is 0 Å². The van der Waals surface area contributed by atoms with Gasteiger partial charge in [0.1, 0.15) is 0 Å². The van der Waals surface area contributed by atoms with Crippen LogP contribution in [0.5, 0.6) is 0 Å². The molecule has 4 N–H and O–H groups in total. The first-order valence-corrected chi connectivity index (χ1v) is 5.44. The molecule has 1 saturated carbocycles. The lowest BCUT2D eigenvalue weighted by Crippen LogP contribution is -2.70. The summed E-state index contributed by atoms with van der Waals surface area (Å²) in [6, 6.07) is 0. The van der Waals surface area contributed by atoms with Gasteiger partial charge >= 0.3 is 5.97 Å². The number of carboxylic acid groups (broad SMARTS) is 1. The second kappa shape index (κ2) is 3.73. The minimum absolute atomic E-state index is 0.121. The molecule has 2 fully saturated rings. The third-order valence-electron chi connectivity index (χ3n) is 3.49. The van der Waals surface area contributed by atoms with Crippen LogP contribution >= 0.6 is 0 Å². The lowest BCUT2D eigenvalue weighted by molar-refractivity contribution is -0.139. The van der Waals surface area contributed by atoms with Gasteiger partial charge in [0.2, 0.25) is 0 Å². The van der Waals surface area contributed by atoms with Gasteiger partial charge < -0.3 is 20.8 Å². The molecule has 1 aliphatic carbocycles. The Morgan fingerprint density at radius 3 is 2.40 bits per heavy atom. The van der Waals surface area contributed by atoms with Crippen molar-refractivity contribution in [2.45, 2.75) is 36.8 Å². The van der Waals surface area contributed by atoms with E-state index in [1.807, 2.05) is 0 Å². The van der Waals surface area contributed by atoms with Gasteiger partial charge in [0.25, 0.3) is 0 Å². The minimum Gasteiger partial charge on any atom is -0.481 e. The molecule has 2 rings (SSSR count). The normalized spacial score (nSPS) is 26.5. The van der Waals surface area contributed by atoms with Crippen molar-refractivity contribution >= 4 is 5.97 Å². The zero-order valence-corrected chi connectivity index (χ0v) is 8.75. The van der Waals surface area contributed by atoms with E-state index in [9.17, 15) is 9.90 Å². The molecular formula is C10H18N2O3. The maximum Gasteiger partial charge on any atom is 0.305 e. The number of nitrogens with one attached hydrogen (secondary N) is 2. The lowest BCUT2D eigenvalue weighted by Gasteiger charge is -2.46. The average molecular weight is 214 g/mol. The molecule has 5 nitrogen and oxygen atoms in total. The number of aliphatic carboxylic acids is 1. The van der Waals surface area contributed by atoms with E-state index in [1.54, 1.807) is 0 Å². The molecule has 0 amide bonds.